The van der Waals surface area contributed by atoms with Crippen LogP contribution in [0.4, 0.5) is 0 Å². The average molecular weight is 164 g/mol. The van der Waals surface area contributed by atoms with E-state index >= 15 is 0 Å². The summed E-state index contributed by atoms with van der Waals surface area (Å²) < 4.78 is 4.44. The zero-order valence-electron chi connectivity index (χ0n) is 8.25. The van der Waals surface area contributed by atoms with Gasteiger partial charge in [-0.25, -0.2) is 9.13 Å². The summed E-state index contributed by atoms with van der Waals surface area (Å²) in [5.41, 5.74) is 0. The molecule has 1 rings (SSSR count). The van der Waals surface area contributed by atoms with E-state index in [2.05, 4.69) is 42.4 Å². The molecule has 0 aromatic carbocycles. The fraction of sp³-hybridized carbons (Fsp3) is 0.667. The number of imidazole rings is 1. The van der Waals surface area contributed by atoms with E-state index in [1.807, 2.05) is 0 Å². The summed E-state index contributed by atoms with van der Waals surface area (Å²) in [5, 5.41) is 0. The lowest BCUT2D eigenvalue weighted by atomic mass is 10.3. The average Bonchev–Trinajstić information content (AvgIpc) is 2.31. The van der Waals surface area contributed by atoms with Crippen molar-refractivity contribution in [3.8, 4) is 0 Å². The lowest BCUT2D eigenvalue weighted by Crippen LogP contribution is -2.29. The molecule has 4 radical (unpaired) electrons. The van der Waals surface area contributed by atoms with Gasteiger partial charge in [0.15, 0.2) is 0 Å². The number of unbranched alkanes of at least 4 members (excludes halogenated alkanes) is 1. The van der Waals surface area contributed by atoms with Crippen LogP contribution in [0.15, 0.2) is 12.4 Å². The van der Waals surface area contributed by atoms with Crippen molar-refractivity contribution in [2.75, 3.05) is 0 Å². The van der Waals surface area contributed by atoms with Crippen molar-refractivity contribution in [1.29, 1.82) is 0 Å². The monoisotopic (exact) mass is 164 g/mol. The van der Waals surface area contributed by atoms with Crippen LogP contribution in [0.5, 0.6) is 0 Å². The number of aryl methyl sites for hydroxylation is 2. The molecule has 0 aliphatic carbocycles. The maximum Gasteiger partial charge on any atom is 0.253 e. The Morgan fingerprint density at radius 1 is 1.50 bits per heavy atom. The van der Waals surface area contributed by atoms with Crippen molar-refractivity contribution in [3.63, 3.8) is 0 Å². The van der Waals surface area contributed by atoms with Gasteiger partial charge in [-0.3, -0.25) is 0 Å². The van der Waals surface area contributed by atoms with Gasteiger partial charge in [0.25, 0.3) is 5.82 Å². The third kappa shape index (κ3) is 2.40. The molecule has 0 aliphatic heterocycles. The van der Waals surface area contributed by atoms with Gasteiger partial charge in [0, 0.05) is 6.92 Å². The molecule has 0 atom stereocenters. The predicted octanol–water partition coefficient (Wildman–Crippen LogP) is 1.04. The maximum absolute atomic E-state index is 2.30. The quantitative estimate of drug-likeness (QED) is 0.466. The van der Waals surface area contributed by atoms with E-state index in [4.69, 9.17) is 0 Å². The molecular formula is C9H17BN2. The van der Waals surface area contributed by atoms with Crippen LogP contribution in [0, 0.1) is 6.92 Å². The second kappa shape index (κ2) is 5.02. The van der Waals surface area contributed by atoms with Crippen LogP contribution in [0.25, 0.3) is 0 Å². The van der Waals surface area contributed by atoms with Gasteiger partial charge in [0.2, 0.25) is 0 Å². The van der Waals surface area contributed by atoms with Crippen LogP contribution in [-0.2, 0) is 13.6 Å². The highest BCUT2D eigenvalue weighted by Crippen LogP contribution is 1.96. The first-order valence-electron chi connectivity index (χ1n) is 4.27. The minimum absolute atomic E-state index is 0. The molecule has 0 amide bonds. The summed E-state index contributed by atoms with van der Waals surface area (Å²) in [5.74, 6) is 1.33. The number of hydrogen-bond acceptors (Lipinski definition) is 0. The highest BCUT2D eigenvalue weighted by Gasteiger charge is 2.06. The molecule has 0 N–H and O–H groups in total. The van der Waals surface area contributed by atoms with Gasteiger partial charge in [-0.1, -0.05) is 13.3 Å². The van der Waals surface area contributed by atoms with Crippen LogP contribution in [0.1, 0.15) is 25.6 Å². The molecule has 1 aromatic rings. The number of rotatable bonds is 3. The lowest BCUT2D eigenvalue weighted by molar-refractivity contribution is -0.677. The van der Waals surface area contributed by atoms with E-state index in [1.54, 1.807) is 0 Å². The van der Waals surface area contributed by atoms with Crippen molar-refractivity contribution < 1.29 is 4.57 Å². The van der Waals surface area contributed by atoms with Gasteiger partial charge in [-0.05, 0) is 6.42 Å². The van der Waals surface area contributed by atoms with E-state index < -0.39 is 0 Å². The summed E-state index contributed by atoms with van der Waals surface area (Å²) in [6, 6.07) is 0. The molecule has 1 aromatic heterocycles. The highest BCUT2D eigenvalue weighted by atomic mass is 15.1. The Morgan fingerprint density at radius 3 is 2.58 bits per heavy atom. The van der Waals surface area contributed by atoms with E-state index in [0.29, 0.717) is 0 Å². The molecule has 0 saturated heterocycles. The molecule has 0 unspecified atom stereocenters. The first-order chi connectivity index (χ1) is 5.25. The Balaban J connectivity index is 0.00000121. The van der Waals surface area contributed by atoms with Crippen LogP contribution >= 0.6 is 0 Å². The third-order valence-electron chi connectivity index (χ3n) is 2.15. The second-order valence-corrected chi connectivity index (χ2v) is 3.00. The molecule has 0 bridgehead atoms. The molecule has 3 heteroatoms. The van der Waals surface area contributed by atoms with E-state index in [9.17, 15) is 0 Å². The summed E-state index contributed by atoms with van der Waals surface area (Å²) in [6.45, 7) is 5.53. The van der Waals surface area contributed by atoms with Crippen molar-refractivity contribution in [1.82, 2.24) is 4.57 Å². The Kier molecular flexibility index (Phi) is 4.71. The van der Waals surface area contributed by atoms with Crippen molar-refractivity contribution in [2.45, 2.75) is 33.2 Å². The van der Waals surface area contributed by atoms with Crippen LogP contribution in [0.2, 0.25) is 0 Å². The SMILES string of the molecule is CCCCn1cc[n+](C)c1C.[B-]. The van der Waals surface area contributed by atoms with Crippen LogP contribution < -0.4 is 4.57 Å². The van der Waals surface area contributed by atoms with E-state index in [0.717, 1.165) is 6.54 Å². The first kappa shape index (κ1) is 11.3. The lowest BCUT2D eigenvalue weighted by Gasteiger charge is -1.95. The molecular weight excluding hydrogens is 147 g/mol. The Labute approximate surface area is 76.8 Å². The second-order valence-electron chi connectivity index (χ2n) is 3.00. The molecule has 66 valence electrons. The highest BCUT2D eigenvalue weighted by molar-refractivity contribution is 5.75. The molecule has 12 heavy (non-hydrogen) atoms. The molecule has 0 spiro atoms. The van der Waals surface area contributed by atoms with E-state index in [-0.39, 0.29) is 8.41 Å². The molecule has 0 aliphatic rings. The minimum Gasteiger partial charge on any atom is -1.00 e. The fourth-order valence-corrected chi connectivity index (χ4v) is 1.16. The maximum atomic E-state index is 2.30. The summed E-state index contributed by atoms with van der Waals surface area (Å²) in [4.78, 5) is 0. The number of aromatic nitrogens is 2. The van der Waals surface area contributed by atoms with Crippen LogP contribution in [0.3, 0.4) is 0 Å². The molecule has 0 saturated carbocycles. The standard InChI is InChI=1S/C9H17N2.B/c1-4-5-6-11-8-7-10(3)9(11)2;/h7-8H,4-6H2,1-3H3;/q+1;-1. The first-order valence-corrected chi connectivity index (χ1v) is 4.27. The molecule has 1 heterocycles. The summed E-state index contributed by atoms with van der Waals surface area (Å²) >= 11 is 0. The molecule has 0 fully saturated rings. The zero-order valence-corrected chi connectivity index (χ0v) is 8.25. The van der Waals surface area contributed by atoms with Gasteiger partial charge in [-0.15, -0.1) is 0 Å². The molecule has 2 nitrogen and oxygen atoms in total. The van der Waals surface area contributed by atoms with Crippen molar-refractivity contribution in [2.24, 2.45) is 7.05 Å². The smallest absolute Gasteiger partial charge is 0.253 e. The summed E-state index contributed by atoms with van der Waals surface area (Å²) in [6.07, 6.45) is 6.78. The minimum atomic E-state index is 0. The predicted molar refractivity (Wildman–Crippen MR) is 51.0 cm³/mol. The normalized spacial score (nSPS) is 9.58. The van der Waals surface area contributed by atoms with E-state index in [1.165, 1.54) is 18.7 Å². The van der Waals surface area contributed by atoms with Gasteiger partial charge in [0.05, 0.1) is 13.6 Å². The number of hydrogen-bond donors (Lipinski definition) is 0. The Hall–Kier alpha value is -0.725. The van der Waals surface area contributed by atoms with Crippen molar-refractivity contribution in [3.05, 3.63) is 18.2 Å². The largest absolute Gasteiger partial charge is 1.00 e. The summed E-state index contributed by atoms with van der Waals surface area (Å²) in [7, 11) is 2.08. The Bertz CT molecular complexity index is 230. The Morgan fingerprint density at radius 2 is 2.17 bits per heavy atom. The number of nitrogens with zero attached hydrogens (tertiary/aromatic N) is 2. The van der Waals surface area contributed by atoms with Crippen molar-refractivity contribution >= 4 is 8.41 Å². The third-order valence-corrected chi connectivity index (χ3v) is 2.15. The van der Waals surface area contributed by atoms with Gasteiger partial charge in [-0.2, -0.15) is 0 Å². The van der Waals surface area contributed by atoms with Gasteiger partial charge in [0.1, 0.15) is 12.4 Å². The van der Waals surface area contributed by atoms with Gasteiger partial charge >= 0.3 is 0 Å². The van der Waals surface area contributed by atoms with Gasteiger partial charge < -0.3 is 8.41 Å². The van der Waals surface area contributed by atoms with Crippen LogP contribution in [-0.4, -0.2) is 13.0 Å². The zero-order chi connectivity index (χ0) is 8.27. The fourth-order valence-electron chi connectivity index (χ4n) is 1.16. The topological polar surface area (TPSA) is 8.81 Å².